The molecule has 1 aliphatic rings. The van der Waals surface area contributed by atoms with E-state index < -0.39 is 49.5 Å². The van der Waals surface area contributed by atoms with E-state index in [-0.39, 0.29) is 12.5 Å². The van der Waals surface area contributed by atoms with Crippen LogP contribution in [0.5, 0.6) is 0 Å². The van der Waals surface area contributed by atoms with E-state index in [1.54, 1.807) is 0 Å². The molecule has 9 nitrogen and oxygen atoms in total. The monoisotopic (exact) mass is 495 g/mol. The van der Waals surface area contributed by atoms with Gasteiger partial charge in [0, 0.05) is 27.9 Å². The zero-order valence-electron chi connectivity index (χ0n) is 19.3. The van der Waals surface area contributed by atoms with Crippen LogP contribution in [0.4, 0.5) is 18.9 Å². The van der Waals surface area contributed by atoms with Crippen molar-refractivity contribution >= 4 is 19.7 Å². The maximum Gasteiger partial charge on any atom is 0.423 e. The van der Waals surface area contributed by atoms with E-state index in [0.29, 0.717) is 30.9 Å². The summed E-state index contributed by atoms with van der Waals surface area (Å²) in [5.41, 5.74) is -5.98. The molecule has 0 bridgehead atoms. The number of nitrogens with one attached hydrogen (secondary N) is 1. The minimum atomic E-state index is -5.05. The van der Waals surface area contributed by atoms with Gasteiger partial charge in [-0.3, -0.25) is 4.79 Å². The van der Waals surface area contributed by atoms with Crippen LogP contribution >= 0.6 is 0 Å². The van der Waals surface area contributed by atoms with Gasteiger partial charge in [0.15, 0.2) is 0 Å². The smallest absolute Gasteiger partial charge is 0.423 e. The van der Waals surface area contributed by atoms with E-state index in [4.69, 9.17) is 14.2 Å². The van der Waals surface area contributed by atoms with Crippen molar-refractivity contribution < 1.29 is 37.3 Å². The molecule has 1 fully saturated rings. The van der Waals surface area contributed by atoms with Gasteiger partial charge < -0.3 is 24.6 Å². The van der Waals surface area contributed by atoms with E-state index in [9.17, 15) is 27.9 Å². The van der Waals surface area contributed by atoms with Gasteiger partial charge in [-0.2, -0.15) is 18.3 Å². The molecule has 2 heterocycles. The molecule has 2 rings (SSSR count). The molecule has 0 saturated carbocycles. The topological polar surface area (TPSA) is 112 Å². The minimum absolute atomic E-state index is 0.0133. The van der Waals surface area contributed by atoms with Crippen molar-refractivity contribution in [2.24, 2.45) is 5.92 Å². The number of aliphatic carboxylic acids is 1. The molecule has 0 aromatic carbocycles. The summed E-state index contributed by atoms with van der Waals surface area (Å²) in [4.78, 5) is 24.3. The molecule has 0 radical (unpaired) electrons. The first kappa shape index (κ1) is 27.3. The summed E-state index contributed by atoms with van der Waals surface area (Å²) in [5, 5.41) is 15.6. The number of halogens is 3. The maximum absolute atomic E-state index is 13.7. The molecule has 0 amide bonds. The van der Waals surface area contributed by atoms with E-state index >= 15 is 0 Å². The predicted molar refractivity (Wildman–Crippen MR) is 117 cm³/mol. The molecule has 1 aromatic rings. The zero-order chi connectivity index (χ0) is 24.9. The van der Waals surface area contributed by atoms with Crippen molar-refractivity contribution in [3.8, 4) is 0 Å². The van der Waals surface area contributed by atoms with Crippen molar-refractivity contribution in [2.75, 3.05) is 31.7 Å². The zero-order valence-corrected chi connectivity index (χ0v) is 20.3. The van der Waals surface area contributed by atoms with Gasteiger partial charge in [-0.1, -0.05) is 19.6 Å². The van der Waals surface area contributed by atoms with Crippen LogP contribution in [-0.2, 0) is 31.9 Å². The largest absolute Gasteiger partial charge is 0.478 e. The molecular formula is C20H32F3N3O6Si. The molecule has 2 atom stereocenters. The molecule has 1 aliphatic heterocycles. The SMILES string of the molecule is CC(Nc1cnn(COCC[Si](C)(C)C)c(=O)c1C(F)(F)F)(OCCC1CCOC1)C(=O)O. The quantitative estimate of drug-likeness (QED) is 0.258. The number of carboxylic acids is 1. The van der Waals surface area contributed by atoms with Gasteiger partial charge in [0.1, 0.15) is 12.3 Å². The van der Waals surface area contributed by atoms with Crippen LogP contribution < -0.4 is 10.9 Å². The van der Waals surface area contributed by atoms with Crippen molar-refractivity contribution in [3.63, 3.8) is 0 Å². The Labute approximate surface area is 191 Å². The highest BCUT2D eigenvalue weighted by molar-refractivity contribution is 6.76. The van der Waals surface area contributed by atoms with Gasteiger partial charge >= 0.3 is 12.1 Å². The Balaban J connectivity index is 2.19. The lowest BCUT2D eigenvalue weighted by Crippen LogP contribution is -2.47. The van der Waals surface area contributed by atoms with Crippen molar-refractivity contribution in [2.45, 2.75) is 64.1 Å². The van der Waals surface area contributed by atoms with Crippen LogP contribution in [0.25, 0.3) is 0 Å². The number of carboxylic acid groups (broad SMARTS) is 1. The van der Waals surface area contributed by atoms with E-state index in [1.807, 2.05) is 0 Å². The van der Waals surface area contributed by atoms with Crippen LogP contribution in [0.2, 0.25) is 25.7 Å². The van der Waals surface area contributed by atoms with Gasteiger partial charge in [-0.15, -0.1) is 0 Å². The summed E-state index contributed by atoms with van der Waals surface area (Å²) in [7, 11) is -1.42. The predicted octanol–water partition coefficient (Wildman–Crippen LogP) is 3.23. The number of carbonyl (C=O) groups is 1. The molecule has 0 spiro atoms. The fourth-order valence-corrected chi connectivity index (χ4v) is 3.88. The third-order valence-corrected chi connectivity index (χ3v) is 6.96. The van der Waals surface area contributed by atoms with Crippen LogP contribution in [0.1, 0.15) is 25.3 Å². The molecule has 1 saturated heterocycles. The minimum Gasteiger partial charge on any atom is -0.478 e. The number of nitrogens with zero attached hydrogens (tertiary/aromatic N) is 2. The van der Waals surface area contributed by atoms with Crippen molar-refractivity contribution in [3.05, 3.63) is 22.1 Å². The number of ether oxygens (including phenoxy) is 3. The number of alkyl halides is 3. The number of anilines is 1. The van der Waals surface area contributed by atoms with Gasteiger partial charge in [0.25, 0.3) is 5.56 Å². The number of hydrogen-bond acceptors (Lipinski definition) is 7. The van der Waals surface area contributed by atoms with Gasteiger partial charge in [0.05, 0.1) is 18.5 Å². The number of aromatic nitrogens is 2. The Morgan fingerprint density at radius 1 is 1.36 bits per heavy atom. The van der Waals surface area contributed by atoms with E-state index in [1.165, 1.54) is 0 Å². The lowest BCUT2D eigenvalue weighted by molar-refractivity contribution is -0.160. The summed E-state index contributed by atoms with van der Waals surface area (Å²) in [5.74, 6) is -1.34. The van der Waals surface area contributed by atoms with Gasteiger partial charge in [-0.05, 0) is 31.7 Å². The van der Waals surface area contributed by atoms with Crippen molar-refractivity contribution in [1.82, 2.24) is 9.78 Å². The molecule has 33 heavy (non-hydrogen) atoms. The van der Waals surface area contributed by atoms with Crippen molar-refractivity contribution in [1.29, 1.82) is 0 Å². The summed E-state index contributed by atoms with van der Waals surface area (Å²) in [6.07, 6.45) is -2.99. The number of rotatable bonds is 12. The Morgan fingerprint density at radius 3 is 2.61 bits per heavy atom. The summed E-state index contributed by atoms with van der Waals surface area (Å²) < 4.78 is 57.8. The summed E-state index contributed by atoms with van der Waals surface area (Å²) in [6.45, 7) is 8.42. The van der Waals surface area contributed by atoms with Crippen LogP contribution in [0, 0.1) is 5.92 Å². The Kier molecular flexibility index (Phi) is 9.07. The van der Waals surface area contributed by atoms with Crippen LogP contribution in [-0.4, -0.2) is 61.1 Å². The normalized spacial score (nSPS) is 18.8. The third kappa shape index (κ3) is 8.09. The molecule has 0 aliphatic carbocycles. The van der Waals surface area contributed by atoms with E-state index in [0.717, 1.165) is 25.6 Å². The second-order valence-electron chi connectivity index (χ2n) is 9.41. The van der Waals surface area contributed by atoms with Gasteiger partial charge in [-0.25, -0.2) is 9.48 Å². The first-order valence-corrected chi connectivity index (χ1v) is 14.4. The Bertz CT molecular complexity index is 868. The molecule has 13 heteroatoms. The molecule has 2 unspecified atom stereocenters. The summed E-state index contributed by atoms with van der Waals surface area (Å²) >= 11 is 0. The number of hydrogen-bond donors (Lipinski definition) is 2. The Hall–Kier alpha value is -1.96. The first-order chi connectivity index (χ1) is 15.2. The molecule has 2 N–H and O–H groups in total. The summed E-state index contributed by atoms with van der Waals surface area (Å²) in [6, 6.07) is 0.773. The highest BCUT2D eigenvalue weighted by atomic mass is 28.3. The highest BCUT2D eigenvalue weighted by Crippen LogP contribution is 2.33. The molecule has 1 aromatic heterocycles. The second kappa shape index (κ2) is 11.0. The van der Waals surface area contributed by atoms with Crippen LogP contribution in [0.3, 0.4) is 0 Å². The van der Waals surface area contributed by atoms with E-state index in [2.05, 4.69) is 30.1 Å². The average molecular weight is 496 g/mol. The van der Waals surface area contributed by atoms with Gasteiger partial charge in [0.2, 0.25) is 5.72 Å². The Morgan fingerprint density at radius 2 is 2.06 bits per heavy atom. The molecular weight excluding hydrogens is 463 g/mol. The fourth-order valence-electron chi connectivity index (χ4n) is 3.13. The fraction of sp³-hybridized carbons (Fsp3) is 0.750. The second-order valence-corrected chi connectivity index (χ2v) is 15.0. The standard InChI is InChI=1S/C20H32F3N3O6Si/c1-19(18(28)29,32-8-6-14-5-7-30-12-14)25-15-11-24-26(13-31-9-10-33(2,3)4)17(27)16(15)20(21,22)23/h11,14,25H,5-10,12-13H2,1-4H3,(H,28,29). The highest BCUT2D eigenvalue weighted by Gasteiger charge is 2.42. The maximum atomic E-state index is 13.7. The first-order valence-electron chi connectivity index (χ1n) is 10.7. The average Bonchev–Trinajstić information content (AvgIpc) is 3.18. The lowest BCUT2D eigenvalue weighted by Gasteiger charge is -2.29. The van der Waals surface area contributed by atoms with Crippen LogP contribution in [0.15, 0.2) is 11.0 Å². The third-order valence-electron chi connectivity index (χ3n) is 5.26. The lowest BCUT2D eigenvalue weighted by atomic mass is 10.1. The molecule has 188 valence electrons.